The Kier molecular flexibility index (Phi) is 5.04. The van der Waals surface area contributed by atoms with E-state index in [0.717, 1.165) is 38.7 Å². The maximum absolute atomic E-state index is 13.6. The summed E-state index contributed by atoms with van der Waals surface area (Å²) in [5, 5.41) is 0. The van der Waals surface area contributed by atoms with Gasteiger partial charge in [-0.15, -0.1) is 0 Å². The highest BCUT2D eigenvalue weighted by Crippen LogP contribution is 2.23. The second-order valence-electron chi connectivity index (χ2n) is 4.66. The first-order valence-corrected chi connectivity index (χ1v) is 6.49. The minimum absolute atomic E-state index is 0.229. The second-order valence-corrected chi connectivity index (χ2v) is 4.66. The van der Waals surface area contributed by atoms with Crippen molar-refractivity contribution in [3.05, 3.63) is 29.8 Å². The maximum Gasteiger partial charge on any atom is 0.146 e. The van der Waals surface area contributed by atoms with Gasteiger partial charge in [0.05, 0.1) is 17.8 Å². The van der Waals surface area contributed by atoms with Crippen molar-refractivity contribution in [2.75, 3.05) is 6.61 Å². The van der Waals surface area contributed by atoms with Gasteiger partial charge in [-0.05, 0) is 44.2 Å². The van der Waals surface area contributed by atoms with Crippen molar-refractivity contribution >= 4 is 0 Å². The molecule has 1 aliphatic heterocycles. The van der Waals surface area contributed by atoms with E-state index in [1.165, 1.54) is 6.07 Å². The molecule has 2 heterocycles. The van der Waals surface area contributed by atoms with Crippen LogP contribution in [-0.2, 0) is 4.74 Å². The Hall–Kier alpha value is -1.04. The summed E-state index contributed by atoms with van der Waals surface area (Å²) >= 11 is 0. The summed E-state index contributed by atoms with van der Waals surface area (Å²) in [6.07, 6.45) is 6.98. The first-order valence-electron chi connectivity index (χ1n) is 6.49. The van der Waals surface area contributed by atoms with Crippen LogP contribution in [0.2, 0.25) is 0 Å². The van der Waals surface area contributed by atoms with Gasteiger partial charge >= 0.3 is 0 Å². The van der Waals surface area contributed by atoms with Gasteiger partial charge in [-0.25, -0.2) is 4.39 Å². The number of pyridine rings is 1. The van der Waals surface area contributed by atoms with Crippen LogP contribution in [0.5, 0.6) is 0 Å². The van der Waals surface area contributed by atoms with Crippen LogP contribution in [0.3, 0.4) is 0 Å². The zero-order valence-electron chi connectivity index (χ0n) is 10.4. The average molecular weight is 253 g/mol. The number of nitrogens with zero attached hydrogens (tertiary/aromatic N) is 1. The van der Waals surface area contributed by atoms with Gasteiger partial charge in [0.1, 0.15) is 5.82 Å². The number of aromatic nitrogens is 1. The number of nitrogens with two attached hydrogens (primary N) is 1. The molecule has 1 saturated heterocycles. The molecule has 3 N–H and O–H groups in total. The van der Waals surface area contributed by atoms with E-state index in [1.807, 2.05) is 0 Å². The Morgan fingerprint density at radius 1 is 1.61 bits per heavy atom. The summed E-state index contributed by atoms with van der Waals surface area (Å²) in [4.78, 5) is 4.05. The summed E-state index contributed by atoms with van der Waals surface area (Å²) in [5.41, 5.74) is 3.04. The average Bonchev–Trinajstić information content (AvgIpc) is 2.89. The molecule has 2 rings (SSSR count). The second kappa shape index (κ2) is 6.78. The molecule has 2 atom stereocenters. The van der Waals surface area contributed by atoms with E-state index in [1.54, 1.807) is 12.3 Å². The number of rotatable bonds is 6. The van der Waals surface area contributed by atoms with Crippen molar-refractivity contribution < 1.29 is 9.13 Å². The standard InChI is InChI=1S/C13H20FN3O/c14-11-6-2-8-16-13(11)12(17-15)7-1-4-10-5-3-9-18-10/h2,6,8,10,12,17H,1,3-5,7,9,15H2. The molecule has 1 fully saturated rings. The highest BCUT2D eigenvalue weighted by molar-refractivity contribution is 5.11. The molecule has 1 aliphatic rings. The highest BCUT2D eigenvalue weighted by atomic mass is 19.1. The summed E-state index contributed by atoms with van der Waals surface area (Å²) < 4.78 is 19.1. The molecule has 0 spiro atoms. The third-order valence-corrected chi connectivity index (χ3v) is 3.36. The number of nitrogens with one attached hydrogen (secondary N) is 1. The zero-order chi connectivity index (χ0) is 12.8. The fraction of sp³-hybridized carbons (Fsp3) is 0.615. The van der Waals surface area contributed by atoms with Crippen molar-refractivity contribution in [3.63, 3.8) is 0 Å². The molecular weight excluding hydrogens is 233 g/mol. The van der Waals surface area contributed by atoms with E-state index in [2.05, 4.69) is 10.4 Å². The summed E-state index contributed by atoms with van der Waals surface area (Å²) in [5.74, 6) is 5.17. The van der Waals surface area contributed by atoms with E-state index >= 15 is 0 Å². The summed E-state index contributed by atoms with van der Waals surface area (Å²) in [7, 11) is 0. The molecule has 100 valence electrons. The Bertz CT molecular complexity index is 369. The molecule has 4 nitrogen and oxygen atoms in total. The molecular formula is C13H20FN3O. The SMILES string of the molecule is NNC(CCCC1CCCO1)c1ncccc1F. The van der Waals surface area contributed by atoms with Crippen molar-refractivity contribution in [1.29, 1.82) is 0 Å². The van der Waals surface area contributed by atoms with Crippen LogP contribution in [0.15, 0.2) is 18.3 Å². The van der Waals surface area contributed by atoms with Crippen LogP contribution < -0.4 is 11.3 Å². The number of hydrogen-bond donors (Lipinski definition) is 2. The number of ether oxygens (including phenoxy) is 1. The normalized spacial score (nSPS) is 21.1. The third-order valence-electron chi connectivity index (χ3n) is 3.36. The van der Waals surface area contributed by atoms with Gasteiger partial charge in [0.2, 0.25) is 0 Å². The lowest BCUT2D eigenvalue weighted by atomic mass is 10.0. The van der Waals surface area contributed by atoms with Crippen LogP contribution in [0, 0.1) is 5.82 Å². The van der Waals surface area contributed by atoms with Crippen molar-refractivity contribution in [2.24, 2.45) is 5.84 Å². The fourth-order valence-electron chi connectivity index (χ4n) is 2.37. The van der Waals surface area contributed by atoms with Crippen molar-refractivity contribution in [3.8, 4) is 0 Å². The van der Waals surface area contributed by atoms with E-state index < -0.39 is 0 Å². The molecule has 0 bridgehead atoms. The van der Waals surface area contributed by atoms with Gasteiger partial charge in [-0.1, -0.05) is 0 Å². The van der Waals surface area contributed by atoms with Crippen LogP contribution >= 0.6 is 0 Å². The van der Waals surface area contributed by atoms with Gasteiger partial charge < -0.3 is 4.74 Å². The van der Waals surface area contributed by atoms with Crippen LogP contribution in [0.4, 0.5) is 4.39 Å². The van der Waals surface area contributed by atoms with Gasteiger partial charge in [0.25, 0.3) is 0 Å². The highest BCUT2D eigenvalue weighted by Gasteiger charge is 2.18. The molecule has 1 aromatic heterocycles. The Morgan fingerprint density at radius 2 is 2.50 bits per heavy atom. The minimum atomic E-state index is -0.308. The quantitative estimate of drug-likeness (QED) is 0.602. The Morgan fingerprint density at radius 3 is 3.17 bits per heavy atom. The molecule has 0 radical (unpaired) electrons. The molecule has 1 aromatic rings. The minimum Gasteiger partial charge on any atom is -0.378 e. The first-order chi connectivity index (χ1) is 8.81. The van der Waals surface area contributed by atoms with Crippen molar-refractivity contribution in [1.82, 2.24) is 10.4 Å². The molecule has 0 saturated carbocycles. The molecule has 0 amide bonds. The molecule has 5 heteroatoms. The molecule has 0 aliphatic carbocycles. The number of halogens is 1. The predicted molar refractivity (Wildman–Crippen MR) is 67.1 cm³/mol. The number of hydrogen-bond acceptors (Lipinski definition) is 4. The summed E-state index contributed by atoms with van der Waals surface area (Å²) in [6, 6.07) is 2.76. The molecule has 2 unspecified atom stereocenters. The maximum atomic E-state index is 13.6. The Labute approximate surface area is 107 Å². The molecule has 0 aromatic carbocycles. The van der Waals surface area contributed by atoms with Gasteiger partial charge in [0.15, 0.2) is 0 Å². The smallest absolute Gasteiger partial charge is 0.146 e. The van der Waals surface area contributed by atoms with E-state index in [4.69, 9.17) is 10.6 Å². The predicted octanol–water partition coefficient (Wildman–Crippen LogP) is 2.07. The molecule has 18 heavy (non-hydrogen) atoms. The largest absolute Gasteiger partial charge is 0.378 e. The topological polar surface area (TPSA) is 60.2 Å². The summed E-state index contributed by atoms with van der Waals surface area (Å²) in [6.45, 7) is 0.873. The van der Waals surface area contributed by atoms with Gasteiger partial charge in [-0.3, -0.25) is 16.3 Å². The lowest BCUT2D eigenvalue weighted by molar-refractivity contribution is 0.101. The van der Waals surface area contributed by atoms with E-state index in [0.29, 0.717) is 11.8 Å². The third kappa shape index (κ3) is 3.48. The Balaban J connectivity index is 1.83. The zero-order valence-corrected chi connectivity index (χ0v) is 10.4. The lowest BCUT2D eigenvalue weighted by Gasteiger charge is -2.16. The monoisotopic (exact) mass is 253 g/mol. The first kappa shape index (κ1) is 13.4. The fourth-order valence-corrected chi connectivity index (χ4v) is 2.37. The van der Waals surface area contributed by atoms with Gasteiger partial charge in [0, 0.05) is 12.8 Å². The van der Waals surface area contributed by atoms with Crippen LogP contribution in [0.1, 0.15) is 43.8 Å². The van der Waals surface area contributed by atoms with Crippen LogP contribution in [0.25, 0.3) is 0 Å². The van der Waals surface area contributed by atoms with E-state index in [9.17, 15) is 4.39 Å². The van der Waals surface area contributed by atoms with Gasteiger partial charge in [-0.2, -0.15) is 0 Å². The number of hydrazine groups is 1. The lowest BCUT2D eigenvalue weighted by Crippen LogP contribution is -2.29. The van der Waals surface area contributed by atoms with E-state index in [-0.39, 0.29) is 11.9 Å². The van der Waals surface area contributed by atoms with Crippen LogP contribution in [-0.4, -0.2) is 17.7 Å². The van der Waals surface area contributed by atoms with Crippen molar-refractivity contribution in [2.45, 2.75) is 44.2 Å².